The summed E-state index contributed by atoms with van der Waals surface area (Å²) in [6, 6.07) is 10.8. The molecule has 2 heterocycles. The van der Waals surface area contributed by atoms with Crippen LogP contribution in [-0.2, 0) is 14.8 Å². The van der Waals surface area contributed by atoms with Gasteiger partial charge in [0.05, 0.1) is 16.8 Å². The van der Waals surface area contributed by atoms with E-state index in [4.69, 9.17) is 0 Å². The largest absolute Gasteiger partial charge is 0.355 e. The normalized spacial score (nSPS) is 18.7. The Hall–Kier alpha value is -2.45. The molecule has 7 nitrogen and oxygen atoms in total. The summed E-state index contributed by atoms with van der Waals surface area (Å²) in [4.78, 5) is 19.3. The maximum atomic E-state index is 13.0. The topological polar surface area (TPSA) is 82.6 Å². The Kier molecular flexibility index (Phi) is 6.57. The van der Waals surface area contributed by atoms with Crippen LogP contribution in [0.5, 0.6) is 0 Å². The summed E-state index contributed by atoms with van der Waals surface area (Å²) in [6.07, 6.45) is 6.60. The van der Waals surface area contributed by atoms with E-state index in [9.17, 15) is 13.2 Å². The number of nitrogens with zero attached hydrogens (tertiary/aromatic N) is 3. The molecule has 31 heavy (non-hydrogen) atoms. The number of aryl methyl sites for hydroxylation is 1. The predicted octanol–water partition coefficient (Wildman–Crippen LogP) is 3.42. The van der Waals surface area contributed by atoms with Crippen molar-refractivity contribution in [1.82, 2.24) is 9.29 Å². The van der Waals surface area contributed by atoms with Crippen LogP contribution in [0.4, 0.5) is 11.5 Å². The standard InChI is InChI=1S/C23H30N4O3S/c1-18-7-10-21(11-8-18)31(29,30)27-14-4-13-26(15-16-27)22-12-9-20(17-24-22)25-23(28)19-5-2-3-6-19/h7-12,17,19H,2-6,13-16H2,1H3,(H,25,28). The summed E-state index contributed by atoms with van der Waals surface area (Å²) in [7, 11) is -3.50. The van der Waals surface area contributed by atoms with Crippen LogP contribution >= 0.6 is 0 Å². The Labute approximate surface area is 184 Å². The lowest BCUT2D eigenvalue weighted by Gasteiger charge is -2.23. The Bertz CT molecular complexity index is 1000. The average Bonchev–Trinajstić information content (AvgIpc) is 3.19. The number of hydrogen-bond donors (Lipinski definition) is 1. The average molecular weight is 443 g/mol. The first-order valence-corrected chi connectivity index (χ1v) is 12.5. The number of nitrogens with one attached hydrogen (secondary N) is 1. The van der Waals surface area contributed by atoms with Gasteiger partial charge in [-0.2, -0.15) is 4.31 Å². The number of aromatic nitrogens is 1. The highest BCUT2D eigenvalue weighted by Crippen LogP contribution is 2.26. The van der Waals surface area contributed by atoms with E-state index in [1.54, 1.807) is 22.6 Å². The van der Waals surface area contributed by atoms with Crippen LogP contribution in [0.1, 0.15) is 37.7 Å². The molecule has 2 aromatic rings. The third-order valence-electron chi connectivity index (χ3n) is 6.18. The Morgan fingerprint density at radius 1 is 0.968 bits per heavy atom. The van der Waals surface area contributed by atoms with Gasteiger partial charge in [0, 0.05) is 32.1 Å². The molecule has 0 bridgehead atoms. The molecule has 2 fully saturated rings. The number of amides is 1. The molecule has 0 radical (unpaired) electrons. The van der Waals surface area contributed by atoms with E-state index in [-0.39, 0.29) is 11.8 Å². The fourth-order valence-corrected chi connectivity index (χ4v) is 5.77. The van der Waals surface area contributed by atoms with Crippen molar-refractivity contribution in [2.75, 3.05) is 36.4 Å². The van der Waals surface area contributed by atoms with E-state index in [0.29, 0.717) is 30.2 Å². The van der Waals surface area contributed by atoms with Gasteiger partial charge in [-0.3, -0.25) is 4.79 Å². The quantitative estimate of drug-likeness (QED) is 0.767. The van der Waals surface area contributed by atoms with Crippen molar-refractivity contribution in [2.45, 2.75) is 43.9 Å². The van der Waals surface area contributed by atoms with Crippen molar-refractivity contribution in [2.24, 2.45) is 5.92 Å². The van der Waals surface area contributed by atoms with Gasteiger partial charge >= 0.3 is 0 Å². The number of benzene rings is 1. The van der Waals surface area contributed by atoms with Gasteiger partial charge < -0.3 is 10.2 Å². The summed E-state index contributed by atoms with van der Waals surface area (Å²) >= 11 is 0. The molecule has 1 aromatic carbocycles. The molecule has 0 atom stereocenters. The van der Waals surface area contributed by atoms with Crippen molar-refractivity contribution in [3.8, 4) is 0 Å². The van der Waals surface area contributed by atoms with Crippen LogP contribution in [-0.4, -0.2) is 49.8 Å². The molecule has 1 amide bonds. The number of sulfonamides is 1. The van der Waals surface area contributed by atoms with Crippen LogP contribution in [0.2, 0.25) is 0 Å². The van der Waals surface area contributed by atoms with Crippen LogP contribution < -0.4 is 10.2 Å². The van der Waals surface area contributed by atoms with Gasteiger partial charge in [-0.1, -0.05) is 30.5 Å². The molecule has 1 aliphatic heterocycles. The zero-order valence-corrected chi connectivity index (χ0v) is 18.8. The molecule has 1 saturated carbocycles. The maximum absolute atomic E-state index is 13.0. The highest BCUT2D eigenvalue weighted by molar-refractivity contribution is 7.89. The molecular weight excluding hydrogens is 412 g/mol. The minimum absolute atomic E-state index is 0.0822. The predicted molar refractivity (Wildman–Crippen MR) is 122 cm³/mol. The lowest BCUT2D eigenvalue weighted by atomic mass is 10.1. The maximum Gasteiger partial charge on any atom is 0.243 e. The number of pyridine rings is 1. The molecule has 166 valence electrons. The third kappa shape index (κ3) is 5.07. The third-order valence-corrected chi connectivity index (χ3v) is 8.09. The van der Waals surface area contributed by atoms with Gasteiger partial charge in [-0.05, 0) is 50.5 Å². The highest BCUT2D eigenvalue weighted by atomic mass is 32.2. The SMILES string of the molecule is Cc1ccc(S(=O)(=O)N2CCCN(c3ccc(NC(=O)C4CCCC4)cn3)CC2)cc1. The van der Waals surface area contributed by atoms with Crippen LogP contribution in [0, 0.1) is 12.8 Å². The van der Waals surface area contributed by atoms with Crippen LogP contribution in [0.3, 0.4) is 0 Å². The molecule has 1 N–H and O–H groups in total. The summed E-state index contributed by atoms with van der Waals surface area (Å²) in [5, 5.41) is 2.97. The van der Waals surface area contributed by atoms with Gasteiger partial charge in [-0.25, -0.2) is 13.4 Å². The lowest BCUT2D eigenvalue weighted by molar-refractivity contribution is -0.119. The number of carbonyl (C=O) groups is 1. The van der Waals surface area contributed by atoms with Crippen molar-refractivity contribution in [3.63, 3.8) is 0 Å². The molecule has 2 aliphatic rings. The minimum Gasteiger partial charge on any atom is -0.355 e. The number of carbonyl (C=O) groups excluding carboxylic acids is 1. The fourth-order valence-electron chi connectivity index (χ4n) is 4.30. The number of anilines is 2. The first kappa shape index (κ1) is 21.8. The van der Waals surface area contributed by atoms with E-state index < -0.39 is 10.0 Å². The van der Waals surface area contributed by atoms with E-state index in [1.807, 2.05) is 31.2 Å². The van der Waals surface area contributed by atoms with E-state index >= 15 is 0 Å². The second kappa shape index (κ2) is 9.36. The molecule has 0 spiro atoms. The van der Waals surface area contributed by atoms with Crippen molar-refractivity contribution in [1.29, 1.82) is 0 Å². The first-order valence-electron chi connectivity index (χ1n) is 11.0. The zero-order chi connectivity index (χ0) is 21.8. The molecule has 4 rings (SSSR count). The van der Waals surface area contributed by atoms with Crippen LogP contribution in [0.15, 0.2) is 47.5 Å². The summed E-state index contributed by atoms with van der Waals surface area (Å²) < 4.78 is 27.6. The van der Waals surface area contributed by atoms with Crippen molar-refractivity contribution >= 4 is 27.4 Å². The molecule has 8 heteroatoms. The zero-order valence-electron chi connectivity index (χ0n) is 18.0. The fraction of sp³-hybridized carbons (Fsp3) is 0.478. The summed E-state index contributed by atoms with van der Waals surface area (Å²) in [5.41, 5.74) is 1.74. The molecule has 1 aromatic heterocycles. The molecule has 1 saturated heterocycles. The van der Waals surface area contributed by atoms with E-state index in [2.05, 4.69) is 15.2 Å². The Morgan fingerprint density at radius 3 is 2.39 bits per heavy atom. The van der Waals surface area contributed by atoms with Gasteiger partial charge in [0.25, 0.3) is 0 Å². The molecule has 1 aliphatic carbocycles. The monoisotopic (exact) mass is 442 g/mol. The highest BCUT2D eigenvalue weighted by Gasteiger charge is 2.27. The van der Waals surface area contributed by atoms with Crippen LogP contribution in [0.25, 0.3) is 0 Å². The van der Waals surface area contributed by atoms with Gasteiger partial charge in [0.1, 0.15) is 5.82 Å². The van der Waals surface area contributed by atoms with Gasteiger partial charge in [-0.15, -0.1) is 0 Å². The summed E-state index contributed by atoms with van der Waals surface area (Å²) in [6.45, 7) is 4.16. The van der Waals surface area contributed by atoms with E-state index in [1.165, 1.54) is 0 Å². The summed E-state index contributed by atoms with van der Waals surface area (Å²) in [5.74, 6) is 0.999. The van der Waals surface area contributed by atoms with Crippen molar-refractivity contribution < 1.29 is 13.2 Å². The first-order chi connectivity index (χ1) is 14.9. The number of hydrogen-bond acceptors (Lipinski definition) is 5. The Morgan fingerprint density at radius 2 is 1.71 bits per heavy atom. The Balaban J connectivity index is 1.38. The second-order valence-corrected chi connectivity index (χ2v) is 10.4. The van der Waals surface area contributed by atoms with Gasteiger partial charge in [0.15, 0.2) is 0 Å². The van der Waals surface area contributed by atoms with Gasteiger partial charge in [0.2, 0.25) is 15.9 Å². The minimum atomic E-state index is -3.50. The second-order valence-electron chi connectivity index (χ2n) is 8.43. The number of rotatable bonds is 5. The lowest BCUT2D eigenvalue weighted by Crippen LogP contribution is -2.35. The van der Waals surface area contributed by atoms with E-state index in [0.717, 1.165) is 50.0 Å². The molecule has 0 unspecified atom stereocenters. The van der Waals surface area contributed by atoms with Crippen molar-refractivity contribution in [3.05, 3.63) is 48.2 Å². The smallest absolute Gasteiger partial charge is 0.243 e. The molecular formula is C23H30N4O3S.